The number of carbonyl (C=O) groups is 1. The van der Waals surface area contributed by atoms with Crippen molar-refractivity contribution in [1.29, 1.82) is 0 Å². The number of hydrogen-bond acceptors (Lipinski definition) is 1. The van der Waals surface area contributed by atoms with Gasteiger partial charge in [-0.1, -0.05) is 0 Å². The second kappa shape index (κ2) is 8.88. The summed E-state index contributed by atoms with van der Waals surface area (Å²) in [7, 11) is 0. The van der Waals surface area contributed by atoms with Crippen LogP contribution in [0.4, 0.5) is 0 Å². The van der Waals surface area contributed by atoms with E-state index in [1.807, 2.05) is 18.3 Å². The Bertz CT molecular complexity index is 15.5. The second-order valence-electron chi connectivity index (χ2n) is 0.0833. The monoisotopic (exact) mass is 341 g/mol. The predicted molar refractivity (Wildman–Crippen MR) is 15.3 cm³/mol. The molecule has 0 aromatic heterocycles. The Morgan fingerprint density at radius 1 is 1.75 bits per heavy atom. The van der Waals surface area contributed by atoms with Gasteiger partial charge >= 0.3 is 55.3 Å². The number of hydrogen-bond donors (Lipinski definition) is 0. The molecule has 0 N–H and O–H groups in total. The molecule has 0 heterocycles. The van der Waals surface area contributed by atoms with Gasteiger partial charge in [0, 0.05) is 0 Å². The molecule has 0 atom stereocenters. The molecule has 0 amide bonds. The molecule has 2 radical (unpaired) electrons. The van der Waals surface area contributed by atoms with Gasteiger partial charge in [0.15, 0.2) is 0 Å². The standard InChI is InChI=1S/CHO.Pb.Ru.2H/c1-2;;;;/h1H;;;;. The molecular weight excluding hydrogens is 336 g/mol. The van der Waals surface area contributed by atoms with Crippen LogP contribution in [-0.2, 0) is 23.1 Å². The average molecular weight is 339 g/mol. The van der Waals surface area contributed by atoms with Crippen LogP contribution in [0.25, 0.3) is 0 Å². The molecule has 0 aliphatic heterocycles. The first-order valence-electron chi connectivity index (χ1n) is 0.440. The van der Waals surface area contributed by atoms with Crippen molar-refractivity contribution in [3.8, 4) is 0 Å². The molecule has 0 bridgehead atoms. The van der Waals surface area contributed by atoms with Gasteiger partial charge in [-0.3, -0.25) is 0 Å². The van der Waals surface area contributed by atoms with Gasteiger partial charge in [0.05, 0.1) is 0 Å². The summed E-state index contributed by atoms with van der Waals surface area (Å²) in [5.74, 6) is 0. The van der Waals surface area contributed by atoms with Crippen molar-refractivity contribution in [2.75, 3.05) is 0 Å². The summed E-state index contributed by atoms with van der Waals surface area (Å²) < 4.78 is 0. The van der Waals surface area contributed by atoms with E-state index >= 15 is 0 Å². The maximum atomic E-state index is 8.77. The van der Waals surface area contributed by atoms with E-state index in [1.54, 1.807) is 0 Å². The number of rotatable bonds is 0. The normalized spacial score (nSPS) is 3.25. The summed E-state index contributed by atoms with van der Waals surface area (Å²) in [6.45, 7) is 0. The predicted octanol–water partition coefficient (Wildman–Crippen LogP) is -1.19. The first-order chi connectivity index (χ1) is 1.41. The molecule has 0 aromatic rings. The number of carbonyl (C=O) groups excluding carboxylic acids is 1. The van der Waals surface area contributed by atoms with Gasteiger partial charge in [-0.25, -0.2) is 0 Å². The Morgan fingerprint density at radius 2 is 1.75 bits per heavy atom. The van der Waals surface area contributed by atoms with Gasteiger partial charge in [0.1, 0.15) is 0 Å². The minimum absolute atomic E-state index is 0. The van der Waals surface area contributed by atoms with Crippen molar-refractivity contribution in [3.63, 3.8) is 0 Å². The zero-order chi connectivity index (χ0) is 2.71. The molecule has 0 unspecified atom stereocenters. The van der Waals surface area contributed by atoms with Gasteiger partial charge in [-0.2, -0.15) is 0 Å². The summed E-state index contributed by atoms with van der Waals surface area (Å²) in [6, 6.07) is 0. The van der Waals surface area contributed by atoms with E-state index in [2.05, 4.69) is 0 Å². The van der Waals surface area contributed by atoms with Crippen LogP contribution in [0.15, 0.2) is 0 Å². The van der Waals surface area contributed by atoms with Gasteiger partial charge in [-0.05, 0) is 0 Å². The fourth-order valence-electron chi connectivity index (χ4n) is 0. The van der Waals surface area contributed by atoms with Crippen LogP contribution < -0.4 is 0 Å². The summed E-state index contributed by atoms with van der Waals surface area (Å²) in [6.07, 6.45) is 0. The zero-order valence-corrected chi connectivity index (χ0v) is 9.28. The molecule has 25 valence electrons. The Hall–Kier alpha value is 1.22. The van der Waals surface area contributed by atoms with Crippen molar-refractivity contribution in [2.24, 2.45) is 0 Å². The molecule has 4 heavy (non-hydrogen) atoms. The molecular formula is CH3OPbRu. The second-order valence-corrected chi connectivity index (χ2v) is 0.493. The van der Waals surface area contributed by atoms with E-state index in [9.17, 15) is 0 Å². The summed E-state index contributed by atoms with van der Waals surface area (Å²) in [5, 5.41) is 0. The van der Waals surface area contributed by atoms with Crippen LogP contribution in [0.3, 0.4) is 0 Å². The molecule has 0 spiro atoms. The van der Waals surface area contributed by atoms with Crippen molar-refractivity contribution >= 4 is 32.2 Å². The SMILES string of the molecule is O=[CH][Ru].[PbH2]. The summed E-state index contributed by atoms with van der Waals surface area (Å²) >= 11 is 1.83. The Kier molecular flexibility index (Phi) is 19.9. The van der Waals surface area contributed by atoms with E-state index in [4.69, 9.17) is 4.79 Å². The molecule has 3 heteroatoms. The molecule has 1 nitrogen and oxygen atoms in total. The van der Waals surface area contributed by atoms with Gasteiger partial charge in [-0.15, -0.1) is 0 Å². The summed E-state index contributed by atoms with van der Waals surface area (Å²) in [5.41, 5.74) is 0. The maximum absolute atomic E-state index is 8.77. The third kappa shape index (κ3) is 10.7. The third-order valence-electron chi connectivity index (χ3n) is 0. The molecule has 0 saturated carbocycles. The fourth-order valence-corrected chi connectivity index (χ4v) is 0. The van der Waals surface area contributed by atoms with Crippen molar-refractivity contribution in [2.45, 2.75) is 0 Å². The zero-order valence-electron chi connectivity index (χ0n) is 2.05. The average Bonchev–Trinajstić information content (AvgIpc) is 0.918. The molecule has 0 rings (SSSR count). The van der Waals surface area contributed by atoms with E-state index in [0.717, 1.165) is 0 Å². The molecule has 0 aliphatic rings. The first kappa shape index (κ1) is 8.96. The van der Waals surface area contributed by atoms with Gasteiger partial charge in [0.2, 0.25) is 0 Å². The fraction of sp³-hybridized carbons (Fsp3) is 0. The van der Waals surface area contributed by atoms with E-state index in [0.29, 0.717) is 4.88 Å². The third-order valence-corrected chi connectivity index (χ3v) is 0. The molecule has 0 fully saturated rings. The molecule has 0 aromatic carbocycles. The van der Waals surface area contributed by atoms with Crippen molar-refractivity contribution in [3.05, 3.63) is 0 Å². The van der Waals surface area contributed by atoms with Crippen LogP contribution >= 0.6 is 0 Å². The quantitative estimate of drug-likeness (QED) is 0.401. The Morgan fingerprint density at radius 3 is 1.75 bits per heavy atom. The van der Waals surface area contributed by atoms with E-state index < -0.39 is 0 Å². The Labute approximate surface area is 55.0 Å². The van der Waals surface area contributed by atoms with Crippen LogP contribution in [0.1, 0.15) is 0 Å². The van der Waals surface area contributed by atoms with E-state index in [1.165, 1.54) is 0 Å². The van der Waals surface area contributed by atoms with Crippen LogP contribution in [0, 0.1) is 0 Å². The first-order valence-corrected chi connectivity index (χ1v) is 1.44. The summed E-state index contributed by atoms with van der Waals surface area (Å²) in [4.78, 5) is 9.45. The van der Waals surface area contributed by atoms with Crippen LogP contribution in [0.2, 0.25) is 0 Å². The van der Waals surface area contributed by atoms with Gasteiger partial charge < -0.3 is 0 Å². The molecule has 0 aliphatic carbocycles. The topological polar surface area (TPSA) is 17.1 Å². The van der Waals surface area contributed by atoms with Crippen LogP contribution in [0.5, 0.6) is 0 Å². The Balaban J connectivity index is 0. The van der Waals surface area contributed by atoms with Crippen LogP contribution in [-0.4, -0.2) is 32.2 Å². The van der Waals surface area contributed by atoms with Crippen molar-refractivity contribution in [1.82, 2.24) is 0 Å². The van der Waals surface area contributed by atoms with Crippen molar-refractivity contribution < 1.29 is 23.1 Å². The minimum atomic E-state index is 0. The van der Waals surface area contributed by atoms with Gasteiger partial charge in [0.25, 0.3) is 0 Å². The van der Waals surface area contributed by atoms with E-state index in [-0.39, 0.29) is 27.3 Å². The molecule has 0 saturated heterocycles.